The average Bonchev–Trinajstić information content (AvgIpc) is 3.08. The van der Waals surface area contributed by atoms with Gasteiger partial charge in [-0.05, 0) is 93.0 Å². The molecule has 6 nitrogen and oxygen atoms in total. The molecule has 0 fully saturated rings. The molecule has 240 valence electrons. The summed E-state index contributed by atoms with van der Waals surface area (Å²) in [6.45, 7) is 8.39. The smallest absolute Gasteiger partial charge is 0.261 e. The van der Waals surface area contributed by atoms with Gasteiger partial charge in [-0.2, -0.15) is 0 Å². The first-order valence-corrected chi connectivity index (χ1v) is 17.8. The minimum Gasteiger partial charge on any atom is -0.271 e. The standard InChI is InChI=1S/C42H38N2O4/c1-5-9-25(10-6-2)43-39(45)27-17-21-13-15-23-19-29-36-30(42(48)44(41(29)47)26(11-7-3)12-8-4)20-24-16-14-22-18-28(40(43)46)35(27)37-31(21)33(23)38(36)34(24)32(22)37/h13-20,25-26H,5-12H2,1-4H3. The van der Waals surface area contributed by atoms with Gasteiger partial charge in [0.2, 0.25) is 0 Å². The fourth-order valence-corrected chi connectivity index (χ4v) is 9.50. The molecule has 0 N–H and O–H groups in total. The van der Waals surface area contributed by atoms with E-state index in [1.54, 1.807) is 0 Å². The van der Waals surface area contributed by atoms with Crippen LogP contribution in [0.5, 0.6) is 0 Å². The monoisotopic (exact) mass is 634 g/mol. The second-order valence-electron chi connectivity index (χ2n) is 14.1. The van der Waals surface area contributed by atoms with E-state index < -0.39 is 0 Å². The van der Waals surface area contributed by atoms with Crippen LogP contribution in [-0.2, 0) is 0 Å². The summed E-state index contributed by atoms with van der Waals surface area (Å²) in [5.41, 5.74) is -0.856. The molecule has 0 atom stereocenters. The van der Waals surface area contributed by atoms with E-state index in [1.165, 1.54) is 9.13 Å². The van der Waals surface area contributed by atoms with Crippen LogP contribution >= 0.6 is 0 Å². The molecule has 0 saturated heterocycles. The largest absolute Gasteiger partial charge is 0.271 e. The van der Waals surface area contributed by atoms with Crippen LogP contribution in [0.15, 0.2) is 67.7 Å². The summed E-state index contributed by atoms with van der Waals surface area (Å²) >= 11 is 0. The van der Waals surface area contributed by atoms with Crippen molar-refractivity contribution >= 4 is 86.2 Å². The van der Waals surface area contributed by atoms with Gasteiger partial charge in [-0.15, -0.1) is 0 Å². The normalized spacial score (nSPS) is 13.1. The zero-order chi connectivity index (χ0) is 33.2. The molecule has 0 aliphatic carbocycles. The zero-order valence-corrected chi connectivity index (χ0v) is 28.0. The molecule has 0 bridgehead atoms. The van der Waals surface area contributed by atoms with Gasteiger partial charge < -0.3 is 0 Å². The molecule has 9 aromatic rings. The molecule has 9 rings (SSSR count). The van der Waals surface area contributed by atoms with Crippen molar-refractivity contribution in [3.63, 3.8) is 0 Å². The summed E-state index contributed by atoms with van der Waals surface area (Å²) < 4.78 is 3.08. The van der Waals surface area contributed by atoms with Gasteiger partial charge in [0.05, 0.1) is 0 Å². The van der Waals surface area contributed by atoms with Gasteiger partial charge in [0, 0.05) is 55.2 Å². The molecule has 0 saturated carbocycles. The highest BCUT2D eigenvalue weighted by atomic mass is 16.2. The molecular formula is C42H38N2O4. The van der Waals surface area contributed by atoms with E-state index >= 15 is 0 Å². The van der Waals surface area contributed by atoms with E-state index in [4.69, 9.17) is 0 Å². The highest BCUT2D eigenvalue weighted by Gasteiger charge is 2.29. The van der Waals surface area contributed by atoms with E-state index in [9.17, 15) is 19.2 Å². The van der Waals surface area contributed by atoms with E-state index in [1.807, 2.05) is 24.3 Å². The Labute approximate surface area is 275 Å². The first-order chi connectivity index (χ1) is 23.3. The van der Waals surface area contributed by atoms with E-state index in [0.29, 0.717) is 21.5 Å². The fourth-order valence-electron chi connectivity index (χ4n) is 9.50. The number of pyridine rings is 2. The van der Waals surface area contributed by atoms with Crippen LogP contribution in [0, 0.1) is 0 Å². The molecule has 0 aliphatic rings. The van der Waals surface area contributed by atoms with Crippen LogP contribution in [0.3, 0.4) is 0 Å². The first-order valence-electron chi connectivity index (χ1n) is 17.8. The van der Waals surface area contributed by atoms with Crippen LogP contribution in [0.25, 0.3) is 86.2 Å². The quantitative estimate of drug-likeness (QED) is 0.111. The van der Waals surface area contributed by atoms with Crippen LogP contribution in [-0.4, -0.2) is 9.13 Å². The lowest BCUT2D eigenvalue weighted by molar-refractivity contribution is 0.410. The summed E-state index contributed by atoms with van der Waals surface area (Å²) in [7, 11) is 0. The lowest BCUT2D eigenvalue weighted by Crippen LogP contribution is -2.37. The van der Waals surface area contributed by atoms with Crippen molar-refractivity contribution in [2.24, 2.45) is 0 Å². The zero-order valence-electron chi connectivity index (χ0n) is 28.0. The Kier molecular flexibility index (Phi) is 6.31. The molecule has 0 aliphatic heterocycles. The van der Waals surface area contributed by atoms with Gasteiger partial charge in [0.25, 0.3) is 22.2 Å². The van der Waals surface area contributed by atoms with Crippen molar-refractivity contribution in [1.29, 1.82) is 0 Å². The number of nitrogens with zero attached hydrogens (tertiary/aromatic N) is 2. The van der Waals surface area contributed by atoms with Crippen molar-refractivity contribution in [2.45, 2.75) is 91.1 Å². The van der Waals surface area contributed by atoms with Gasteiger partial charge >= 0.3 is 0 Å². The summed E-state index contributed by atoms with van der Waals surface area (Å²) in [6.07, 6.45) is 6.66. The minimum atomic E-state index is -0.214. The maximum atomic E-state index is 14.4. The number of rotatable bonds is 10. The highest BCUT2D eigenvalue weighted by molar-refractivity contribution is 6.49. The molecule has 2 aromatic heterocycles. The van der Waals surface area contributed by atoms with Crippen molar-refractivity contribution in [1.82, 2.24) is 9.13 Å². The maximum Gasteiger partial charge on any atom is 0.261 e. The molecule has 0 radical (unpaired) electrons. The molecule has 0 spiro atoms. The Morgan fingerprint density at radius 3 is 0.875 bits per heavy atom. The van der Waals surface area contributed by atoms with Gasteiger partial charge in [-0.25, -0.2) is 0 Å². The Balaban J connectivity index is 1.53. The van der Waals surface area contributed by atoms with Gasteiger partial charge in [-0.1, -0.05) is 77.6 Å². The Hall–Kier alpha value is -4.84. The Bertz CT molecular complexity index is 2550. The lowest BCUT2D eigenvalue weighted by Gasteiger charge is -2.25. The van der Waals surface area contributed by atoms with E-state index in [2.05, 4.69) is 52.0 Å². The minimum absolute atomic E-state index is 0.145. The Morgan fingerprint density at radius 2 is 0.646 bits per heavy atom. The molecule has 6 heteroatoms. The van der Waals surface area contributed by atoms with E-state index in [-0.39, 0.29) is 34.3 Å². The third-order valence-corrected chi connectivity index (χ3v) is 11.3. The number of aromatic nitrogens is 2. The van der Waals surface area contributed by atoms with Gasteiger partial charge in [-0.3, -0.25) is 28.3 Å². The number of hydrogen-bond acceptors (Lipinski definition) is 4. The summed E-state index contributed by atoms with van der Waals surface area (Å²) in [4.78, 5) is 57.6. The summed E-state index contributed by atoms with van der Waals surface area (Å²) in [5.74, 6) is 0. The van der Waals surface area contributed by atoms with Crippen LogP contribution in [0.4, 0.5) is 0 Å². The molecule has 2 heterocycles. The number of benzene rings is 7. The fraction of sp³-hybridized carbons (Fsp3) is 0.333. The first kappa shape index (κ1) is 29.3. The predicted octanol–water partition coefficient (Wildman–Crippen LogP) is 9.43. The SMILES string of the molecule is CCCC(CCC)n1c(=O)c2cc3ccc4cc5c(=O)n(C(CCC)CCC)c(=O)c6cc7ccc8cc(c1=O)c2c1c3c4c(c56)c7c81. The van der Waals surface area contributed by atoms with Gasteiger partial charge in [0.15, 0.2) is 0 Å². The summed E-state index contributed by atoms with van der Waals surface area (Å²) in [6, 6.07) is 15.8. The molecule has 7 aromatic carbocycles. The third kappa shape index (κ3) is 3.53. The van der Waals surface area contributed by atoms with Crippen molar-refractivity contribution < 1.29 is 0 Å². The average molecular weight is 635 g/mol. The number of hydrogen-bond donors (Lipinski definition) is 0. The molecule has 48 heavy (non-hydrogen) atoms. The van der Waals surface area contributed by atoms with E-state index in [0.717, 1.165) is 116 Å². The van der Waals surface area contributed by atoms with Crippen LogP contribution < -0.4 is 22.2 Å². The topological polar surface area (TPSA) is 78.1 Å². The van der Waals surface area contributed by atoms with Crippen LogP contribution in [0.1, 0.15) is 91.1 Å². The predicted molar refractivity (Wildman–Crippen MR) is 201 cm³/mol. The molecular weight excluding hydrogens is 596 g/mol. The van der Waals surface area contributed by atoms with Gasteiger partial charge in [0.1, 0.15) is 0 Å². The van der Waals surface area contributed by atoms with Crippen molar-refractivity contribution in [3.05, 3.63) is 89.9 Å². The highest BCUT2D eigenvalue weighted by Crippen LogP contribution is 2.51. The van der Waals surface area contributed by atoms with Crippen molar-refractivity contribution in [2.75, 3.05) is 0 Å². The summed E-state index contributed by atoms with van der Waals surface area (Å²) in [5, 5.41) is 13.3. The second kappa shape index (κ2) is 10.3. The van der Waals surface area contributed by atoms with Crippen molar-refractivity contribution in [3.8, 4) is 0 Å². The Morgan fingerprint density at radius 1 is 0.396 bits per heavy atom. The maximum absolute atomic E-state index is 14.4. The lowest BCUT2D eigenvalue weighted by atomic mass is 9.80. The third-order valence-electron chi connectivity index (χ3n) is 11.3. The molecule has 0 amide bonds. The molecule has 0 unspecified atom stereocenters. The van der Waals surface area contributed by atoms with Crippen LogP contribution in [0.2, 0.25) is 0 Å². The second-order valence-corrected chi connectivity index (χ2v) is 14.1.